The molecule has 3 aromatic rings. The van der Waals surface area contributed by atoms with Crippen LogP contribution in [0.3, 0.4) is 0 Å². The van der Waals surface area contributed by atoms with Gasteiger partial charge in [-0.25, -0.2) is 4.98 Å². The molecule has 3 heterocycles. The first kappa shape index (κ1) is 12.6. The minimum atomic E-state index is 0.250. The lowest BCUT2D eigenvalue weighted by atomic mass is 10.3. The van der Waals surface area contributed by atoms with Crippen LogP contribution in [0.25, 0.3) is 17.2 Å². The van der Waals surface area contributed by atoms with Gasteiger partial charge in [-0.1, -0.05) is 11.8 Å². The first-order chi connectivity index (χ1) is 9.71. The van der Waals surface area contributed by atoms with Gasteiger partial charge in [-0.3, -0.25) is 0 Å². The molecule has 0 amide bonds. The van der Waals surface area contributed by atoms with E-state index in [1.165, 1.54) is 16.3 Å². The summed E-state index contributed by atoms with van der Waals surface area (Å²) in [6.45, 7) is 0. The highest BCUT2D eigenvalue weighted by molar-refractivity contribution is 7.98. The Kier molecular flexibility index (Phi) is 3.11. The van der Waals surface area contributed by atoms with E-state index >= 15 is 0 Å². The molecule has 0 fully saturated rings. The van der Waals surface area contributed by atoms with Gasteiger partial charge >= 0.3 is 0 Å². The number of hydrogen-bond donors (Lipinski definition) is 1. The molecule has 0 aliphatic carbocycles. The summed E-state index contributed by atoms with van der Waals surface area (Å²) in [6.07, 6.45) is 3.50. The van der Waals surface area contributed by atoms with Crippen molar-refractivity contribution >= 4 is 23.5 Å². The maximum absolute atomic E-state index is 5.83. The Morgan fingerprint density at radius 2 is 2.10 bits per heavy atom. The molecule has 8 nitrogen and oxygen atoms in total. The van der Waals surface area contributed by atoms with E-state index in [4.69, 9.17) is 10.5 Å². The lowest BCUT2D eigenvalue weighted by Gasteiger charge is -1.98. The number of nitrogen functional groups attached to an aromatic ring is 1. The largest absolute Gasteiger partial charge is 0.481 e. The summed E-state index contributed by atoms with van der Waals surface area (Å²) < 4.78 is 6.41. The number of nitrogens with zero attached hydrogens (tertiary/aromatic N) is 6. The molecule has 3 rings (SSSR count). The number of thioether (sulfide) groups is 1. The minimum Gasteiger partial charge on any atom is -0.481 e. The molecule has 0 atom stereocenters. The Morgan fingerprint density at radius 1 is 1.25 bits per heavy atom. The fraction of sp³-hybridized carbons (Fsp3) is 0.182. The van der Waals surface area contributed by atoms with Crippen molar-refractivity contribution in [3.63, 3.8) is 0 Å². The maximum Gasteiger partial charge on any atom is 0.258 e. The van der Waals surface area contributed by atoms with Crippen LogP contribution in [0.5, 0.6) is 5.88 Å². The monoisotopic (exact) mass is 289 g/mol. The van der Waals surface area contributed by atoms with E-state index in [9.17, 15) is 0 Å². The van der Waals surface area contributed by atoms with Crippen molar-refractivity contribution in [1.82, 2.24) is 29.5 Å². The third-order valence-electron chi connectivity index (χ3n) is 2.60. The van der Waals surface area contributed by atoms with Gasteiger partial charge in [-0.15, -0.1) is 5.10 Å². The first-order valence-electron chi connectivity index (χ1n) is 5.66. The highest BCUT2D eigenvalue weighted by Gasteiger charge is 2.12. The second kappa shape index (κ2) is 4.93. The molecule has 0 radical (unpaired) electrons. The number of rotatable bonds is 3. The van der Waals surface area contributed by atoms with Crippen molar-refractivity contribution in [2.45, 2.75) is 5.16 Å². The third kappa shape index (κ3) is 2.11. The van der Waals surface area contributed by atoms with Gasteiger partial charge in [-0.2, -0.15) is 19.5 Å². The van der Waals surface area contributed by atoms with Crippen LogP contribution in [0.4, 0.5) is 5.95 Å². The number of fused-ring (bicyclic) bond motifs is 1. The van der Waals surface area contributed by atoms with Gasteiger partial charge in [0.1, 0.15) is 0 Å². The molecule has 0 aromatic carbocycles. The molecule has 0 unspecified atom stereocenters. The summed E-state index contributed by atoms with van der Waals surface area (Å²) in [5.41, 5.74) is 6.58. The lowest BCUT2D eigenvalue weighted by molar-refractivity contribution is 0.398. The summed E-state index contributed by atoms with van der Waals surface area (Å²) in [7, 11) is 1.56. The number of ether oxygens (including phenoxy) is 1. The zero-order valence-electron chi connectivity index (χ0n) is 10.8. The Labute approximate surface area is 118 Å². The predicted molar refractivity (Wildman–Crippen MR) is 74.6 cm³/mol. The second-order valence-corrected chi connectivity index (χ2v) is 4.58. The Balaban J connectivity index is 2.09. The van der Waals surface area contributed by atoms with E-state index in [-0.39, 0.29) is 5.95 Å². The van der Waals surface area contributed by atoms with Crippen LogP contribution in [-0.2, 0) is 0 Å². The standard InChI is InChI=1S/C11H11N7OS/c1-19-7-4-3-6(5-13-7)8-14-10-16-11(20-2)15-9(12)18(10)17-8/h3-5H,1-2H3,(H2,12,14,15,16,17). The van der Waals surface area contributed by atoms with Gasteiger partial charge in [0.15, 0.2) is 11.0 Å². The summed E-state index contributed by atoms with van der Waals surface area (Å²) in [6, 6.07) is 3.56. The van der Waals surface area contributed by atoms with E-state index < -0.39 is 0 Å². The minimum absolute atomic E-state index is 0.250. The SMILES string of the molecule is COc1ccc(-c2nc3nc(SC)nc(N)n3n2)cn1. The van der Waals surface area contributed by atoms with Crippen LogP contribution in [0.1, 0.15) is 0 Å². The van der Waals surface area contributed by atoms with Gasteiger partial charge < -0.3 is 10.5 Å². The number of nitrogens with two attached hydrogens (primary N) is 1. The molecular formula is C11H11N7OS. The topological polar surface area (TPSA) is 104 Å². The second-order valence-electron chi connectivity index (χ2n) is 3.80. The van der Waals surface area contributed by atoms with Crippen molar-refractivity contribution in [1.29, 1.82) is 0 Å². The first-order valence-corrected chi connectivity index (χ1v) is 6.88. The summed E-state index contributed by atoms with van der Waals surface area (Å²) in [4.78, 5) is 16.8. The molecule has 0 aliphatic rings. The Bertz CT molecular complexity index is 755. The highest BCUT2D eigenvalue weighted by atomic mass is 32.2. The van der Waals surface area contributed by atoms with E-state index in [2.05, 4.69) is 25.0 Å². The fourth-order valence-electron chi connectivity index (χ4n) is 1.63. The normalized spacial score (nSPS) is 10.9. The molecule has 0 aliphatic heterocycles. The van der Waals surface area contributed by atoms with Gasteiger partial charge in [0.2, 0.25) is 11.8 Å². The molecule has 2 N–H and O–H groups in total. The van der Waals surface area contributed by atoms with Crippen LogP contribution in [0.2, 0.25) is 0 Å². The molecule has 3 aromatic heterocycles. The average Bonchev–Trinajstić information content (AvgIpc) is 2.92. The summed E-state index contributed by atoms with van der Waals surface area (Å²) >= 11 is 1.40. The van der Waals surface area contributed by atoms with Gasteiger partial charge in [0, 0.05) is 17.8 Å². The van der Waals surface area contributed by atoms with Gasteiger partial charge in [0.05, 0.1) is 7.11 Å². The van der Waals surface area contributed by atoms with Crippen molar-refractivity contribution < 1.29 is 4.74 Å². The number of methoxy groups -OCH3 is 1. The van der Waals surface area contributed by atoms with Gasteiger partial charge in [-0.05, 0) is 12.3 Å². The smallest absolute Gasteiger partial charge is 0.258 e. The van der Waals surface area contributed by atoms with E-state index in [1.807, 2.05) is 12.3 Å². The molecule has 9 heteroatoms. The number of aromatic nitrogens is 6. The molecule has 0 spiro atoms. The third-order valence-corrected chi connectivity index (χ3v) is 3.15. The van der Waals surface area contributed by atoms with Crippen molar-refractivity contribution in [3.05, 3.63) is 18.3 Å². The highest BCUT2D eigenvalue weighted by Crippen LogP contribution is 2.19. The summed E-state index contributed by atoms with van der Waals surface area (Å²) in [5.74, 6) is 1.67. The molecular weight excluding hydrogens is 278 g/mol. The Morgan fingerprint density at radius 3 is 2.75 bits per heavy atom. The fourth-order valence-corrected chi connectivity index (χ4v) is 1.99. The van der Waals surface area contributed by atoms with Crippen molar-refractivity contribution in [2.24, 2.45) is 0 Å². The number of anilines is 1. The molecule has 0 saturated carbocycles. The molecule has 0 bridgehead atoms. The van der Waals surface area contributed by atoms with Crippen LogP contribution in [0, 0.1) is 0 Å². The molecule has 20 heavy (non-hydrogen) atoms. The van der Waals surface area contributed by atoms with E-state index in [1.54, 1.807) is 19.4 Å². The Hall–Kier alpha value is -2.42. The van der Waals surface area contributed by atoms with E-state index in [0.29, 0.717) is 22.6 Å². The van der Waals surface area contributed by atoms with Crippen molar-refractivity contribution in [3.8, 4) is 17.3 Å². The van der Waals surface area contributed by atoms with Crippen LogP contribution in [-0.4, -0.2) is 42.9 Å². The van der Waals surface area contributed by atoms with Gasteiger partial charge in [0.25, 0.3) is 5.78 Å². The summed E-state index contributed by atoms with van der Waals surface area (Å²) in [5, 5.41) is 4.84. The van der Waals surface area contributed by atoms with Crippen molar-refractivity contribution in [2.75, 3.05) is 19.1 Å². The zero-order chi connectivity index (χ0) is 14.1. The van der Waals surface area contributed by atoms with Crippen LogP contribution < -0.4 is 10.5 Å². The molecule has 0 saturated heterocycles. The van der Waals surface area contributed by atoms with Crippen LogP contribution in [0.15, 0.2) is 23.5 Å². The molecule has 102 valence electrons. The average molecular weight is 289 g/mol. The predicted octanol–water partition coefficient (Wildman–Crippen LogP) is 0.894. The number of hydrogen-bond acceptors (Lipinski definition) is 8. The lowest BCUT2D eigenvalue weighted by Crippen LogP contribution is -2.04. The van der Waals surface area contributed by atoms with Crippen LogP contribution >= 0.6 is 11.8 Å². The maximum atomic E-state index is 5.83. The van der Waals surface area contributed by atoms with E-state index in [0.717, 1.165) is 5.56 Å². The number of pyridine rings is 1. The quantitative estimate of drug-likeness (QED) is 0.709. The zero-order valence-corrected chi connectivity index (χ0v) is 11.6.